The molecule has 0 bridgehead atoms. The number of hydrogen-bond donors (Lipinski definition) is 1. The number of aromatic amines is 1. The summed E-state index contributed by atoms with van der Waals surface area (Å²) in [5.74, 6) is -1.78. The summed E-state index contributed by atoms with van der Waals surface area (Å²) < 4.78 is 65.4. The highest BCUT2D eigenvalue weighted by Gasteiger charge is 2.18. The number of ether oxygens (including phenoxy) is 2. The molecular weight excluding hydrogens is 492 g/mol. The normalized spacial score (nSPS) is 11.7. The third kappa shape index (κ3) is 4.50. The average molecular weight is 512 g/mol. The maximum atomic E-state index is 14.3. The molecule has 0 aliphatic rings. The first-order chi connectivity index (χ1) is 17.2. The molecule has 5 aromatic rings. The minimum Gasteiger partial charge on any atom is -0.452 e. The summed E-state index contributed by atoms with van der Waals surface area (Å²) in [7, 11) is -1.71. The van der Waals surface area contributed by atoms with Crippen molar-refractivity contribution in [2.24, 2.45) is 7.05 Å². The Kier molecular flexibility index (Phi) is 5.88. The van der Waals surface area contributed by atoms with Gasteiger partial charge in [-0.05, 0) is 30.3 Å². The lowest BCUT2D eigenvalue weighted by Crippen LogP contribution is -2.05. The SMILES string of the molecule is CCS(=O)(=O)c1ccc(Oc2cc3[nH]c(-c4ccn(C)n4)nc3cc2Oc2cccc(F)c2F)cn1. The molecule has 0 saturated heterocycles. The predicted molar refractivity (Wildman–Crippen MR) is 127 cm³/mol. The number of aryl methyl sites for hydroxylation is 1. The van der Waals surface area contributed by atoms with Gasteiger partial charge >= 0.3 is 0 Å². The molecule has 0 atom stereocenters. The van der Waals surface area contributed by atoms with E-state index < -0.39 is 21.5 Å². The first-order valence-electron chi connectivity index (χ1n) is 10.8. The fourth-order valence-electron chi connectivity index (χ4n) is 3.41. The number of aromatic nitrogens is 5. The zero-order chi connectivity index (χ0) is 25.4. The number of fused-ring (bicyclic) bond motifs is 1. The third-order valence-corrected chi connectivity index (χ3v) is 6.91. The number of imidazole rings is 1. The topological polar surface area (TPSA) is 112 Å². The lowest BCUT2D eigenvalue weighted by Gasteiger charge is -2.13. The Balaban J connectivity index is 1.57. The van der Waals surface area contributed by atoms with Gasteiger partial charge in [0.1, 0.15) is 11.4 Å². The molecule has 5 rings (SSSR count). The smallest absolute Gasteiger partial charge is 0.201 e. The second kappa shape index (κ2) is 9.04. The Hall–Kier alpha value is -4.32. The Morgan fingerprint density at radius 3 is 2.53 bits per heavy atom. The minimum absolute atomic E-state index is 0.0522. The molecule has 1 N–H and O–H groups in total. The molecule has 0 amide bonds. The number of rotatable bonds is 7. The highest BCUT2D eigenvalue weighted by Crippen LogP contribution is 2.39. The van der Waals surface area contributed by atoms with Crippen LogP contribution in [0.5, 0.6) is 23.0 Å². The van der Waals surface area contributed by atoms with E-state index in [4.69, 9.17) is 9.47 Å². The molecule has 3 aromatic heterocycles. The number of hydrogen-bond acceptors (Lipinski definition) is 7. The van der Waals surface area contributed by atoms with Gasteiger partial charge in [0.2, 0.25) is 5.82 Å². The van der Waals surface area contributed by atoms with Crippen LogP contribution in [-0.2, 0) is 16.9 Å². The lowest BCUT2D eigenvalue weighted by molar-refractivity contribution is 0.389. The number of benzene rings is 2. The van der Waals surface area contributed by atoms with Gasteiger partial charge in [-0.15, -0.1) is 0 Å². The van der Waals surface area contributed by atoms with E-state index >= 15 is 0 Å². The zero-order valence-electron chi connectivity index (χ0n) is 19.1. The monoisotopic (exact) mass is 511 g/mol. The van der Waals surface area contributed by atoms with Crippen molar-refractivity contribution >= 4 is 20.9 Å². The average Bonchev–Trinajstić information content (AvgIpc) is 3.48. The fraction of sp³-hybridized carbons (Fsp3) is 0.125. The maximum Gasteiger partial charge on any atom is 0.201 e. The molecule has 0 radical (unpaired) electrons. The summed E-state index contributed by atoms with van der Waals surface area (Å²) in [6, 6.07) is 11.2. The van der Waals surface area contributed by atoms with Crippen molar-refractivity contribution < 1.29 is 26.7 Å². The van der Waals surface area contributed by atoms with E-state index in [2.05, 4.69) is 20.1 Å². The summed E-state index contributed by atoms with van der Waals surface area (Å²) in [6.07, 6.45) is 3.03. The van der Waals surface area contributed by atoms with E-state index in [0.717, 1.165) is 6.07 Å². The molecule has 0 unspecified atom stereocenters. The quantitative estimate of drug-likeness (QED) is 0.327. The van der Waals surface area contributed by atoms with Crippen LogP contribution in [-0.4, -0.2) is 38.9 Å². The highest BCUT2D eigenvalue weighted by molar-refractivity contribution is 7.91. The third-order valence-electron chi connectivity index (χ3n) is 5.28. The van der Waals surface area contributed by atoms with E-state index in [0.29, 0.717) is 22.6 Å². The van der Waals surface area contributed by atoms with Crippen LogP contribution in [0.25, 0.3) is 22.6 Å². The number of H-pyrrole nitrogens is 1. The summed E-state index contributed by atoms with van der Waals surface area (Å²) in [5.41, 5.74) is 1.64. The molecule has 0 fully saturated rings. The van der Waals surface area contributed by atoms with Crippen molar-refractivity contribution in [2.45, 2.75) is 11.9 Å². The maximum absolute atomic E-state index is 14.3. The van der Waals surface area contributed by atoms with Gasteiger partial charge in [0.15, 0.2) is 43.8 Å². The minimum atomic E-state index is -3.49. The van der Waals surface area contributed by atoms with Crippen molar-refractivity contribution in [1.29, 1.82) is 0 Å². The number of pyridine rings is 1. The summed E-state index contributed by atoms with van der Waals surface area (Å²) in [4.78, 5) is 11.6. The van der Waals surface area contributed by atoms with Crippen LogP contribution in [0.15, 0.2) is 66.0 Å². The van der Waals surface area contributed by atoms with Crippen molar-refractivity contribution in [3.63, 3.8) is 0 Å². The molecule has 0 spiro atoms. The zero-order valence-corrected chi connectivity index (χ0v) is 19.9. The molecule has 12 heteroatoms. The molecule has 0 aliphatic carbocycles. The molecule has 2 aromatic carbocycles. The largest absolute Gasteiger partial charge is 0.452 e. The first kappa shape index (κ1) is 23.4. The molecule has 184 valence electrons. The summed E-state index contributed by atoms with van der Waals surface area (Å²) in [6.45, 7) is 1.52. The Morgan fingerprint density at radius 2 is 1.83 bits per heavy atom. The van der Waals surface area contributed by atoms with Gasteiger partial charge in [0, 0.05) is 25.4 Å². The van der Waals surface area contributed by atoms with Crippen LogP contribution in [0.3, 0.4) is 0 Å². The Labute approximate surface area is 204 Å². The van der Waals surface area contributed by atoms with Gasteiger partial charge in [0.05, 0.1) is 23.0 Å². The van der Waals surface area contributed by atoms with Crippen LogP contribution < -0.4 is 9.47 Å². The van der Waals surface area contributed by atoms with Gasteiger partial charge in [-0.25, -0.2) is 22.8 Å². The fourth-order valence-corrected chi connectivity index (χ4v) is 4.19. The molecule has 3 heterocycles. The highest BCUT2D eigenvalue weighted by atomic mass is 32.2. The van der Waals surface area contributed by atoms with E-state index in [-0.39, 0.29) is 33.8 Å². The Bertz CT molecular complexity index is 1680. The van der Waals surface area contributed by atoms with Crippen LogP contribution in [0.4, 0.5) is 8.78 Å². The summed E-state index contributed by atoms with van der Waals surface area (Å²) in [5, 5.41) is 4.24. The van der Waals surface area contributed by atoms with Crippen molar-refractivity contribution in [2.75, 3.05) is 5.75 Å². The number of nitrogens with zero attached hydrogens (tertiary/aromatic N) is 4. The first-order valence-corrected chi connectivity index (χ1v) is 12.4. The van der Waals surface area contributed by atoms with Crippen LogP contribution in [0.1, 0.15) is 6.92 Å². The molecule has 9 nitrogen and oxygen atoms in total. The molecule has 0 saturated carbocycles. The molecular formula is C24H19F2N5O4S. The van der Waals surface area contributed by atoms with E-state index in [1.54, 1.807) is 30.1 Å². The van der Waals surface area contributed by atoms with Crippen molar-refractivity contribution in [3.05, 3.63) is 72.6 Å². The van der Waals surface area contributed by atoms with Gasteiger partial charge < -0.3 is 14.5 Å². The second-order valence-electron chi connectivity index (χ2n) is 7.77. The summed E-state index contributed by atoms with van der Waals surface area (Å²) >= 11 is 0. The van der Waals surface area contributed by atoms with E-state index in [9.17, 15) is 17.2 Å². The van der Waals surface area contributed by atoms with Gasteiger partial charge in [-0.3, -0.25) is 4.68 Å². The predicted octanol–water partition coefficient (Wildman–Crippen LogP) is 5.01. The van der Waals surface area contributed by atoms with Gasteiger partial charge in [-0.2, -0.15) is 9.49 Å². The molecule has 0 aliphatic heterocycles. The van der Waals surface area contributed by atoms with Gasteiger partial charge in [0.25, 0.3) is 0 Å². The van der Waals surface area contributed by atoms with Crippen LogP contribution >= 0.6 is 0 Å². The second-order valence-corrected chi connectivity index (χ2v) is 9.99. The van der Waals surface area contributed by atoms with Crippen LogP contribution in [0, 0.1) is 11.6 Å². The Morgan fingerprint density at radius 1 is 1.03 bits per heavy atom. The molecule has 36 heavy (non-hydrogen) atoms. The van der Waals surface area contributed by atoms with Crippen molar-refractivity contribution in [1.82, 2.24) is 24.7 Å². The lowest BCUT2D eigenvalue weighted by atomic mass is 10.2. The van der Waals surface area contributed by atoms with E-state index in [1.165, 1.54) is 43.5 Å². The number of sulfone groups is 1. The van der Waals surface area contributed by atoms with Crippen LogP contribution in [0.2, 0.25) is 0 Å². The van der Waals surface area contributed by atoms with Gasteiger partial charge in [-0.1, -0.05) is 13.0 Å². The number of halogens is 2. The van der Waals surface area contributed by atoms with Crippen molar-refractivity contribution in [3.8, 4) is 34.5 Å². The standard InChI is InChI=1S/C24H19F2N5O4S/c1-3-36(32,33)22-8-7-14(13-27-22)34-20-11-17-18(29-24(28-17)16-9-10-31(2)30-16)12-21(20)35-19-6-4-5-15(25)23(19)26/h4-13H,3H2,1-2H3,(H,28,29). The van der Waals surface area contributed by atoms with E-state index in [1.807, 2.05) is 0 Å². The number of nitrogens with one attached hydrogen (secondary N) is 1.